The van der Waals surface area contributed by atoms with Gasteiger partial charge in [0, 0.05) is 11.6 Å². The summed E-state index contributed by atoms with van der Waals surface area (Å²) in [7, 11) is 3.75. The Bertz CT molecular complexity index is 1090. The minimum Gasteiger partial charge on any atom is -1.00 e. The highest BCUT2D eigenvalue weighted by Crippen LogP contribution is 2.49. The summed E-state index contributed by atoms with van der Waals surface area (Å²) >= 11 is 0. The smallest absolute Gasteiger partial charge is 0.203 e. The summed E-state index contributed by atoms with van der Waals surface area (Å²) in [6.07, 6.45) is 4.41. The minimum atomic E-state index is -1.28. The van der Waals surface area contributed by atoms with Crippen LogP contribution in [0.1, 0.15) is 5.56 Å². The largest absolute Gasteiger partial charge is 1.00 e. The number of halogens is 1. The number of benzene rings is 3. The van der Waals surface area contributed by atoms with Gasteiger partial charge in [0.15, 0.2) is 11.5 Å². The van der Waals surface area contributed by atoms with Crippen molar-refractivity contribution in [3.63, 3.8) is 0 Å². The van der Waals surface area contributed by atoms with Crippen molar-refractivity contribution in [2.75, 3.05) is 21.3 Å². The summed E-state index contributed by atoms with van der Waals surface area (Å²) < 4.78 is 17.4. The van der Waals surface area contributed by atoms with E-state index in [1.165, 1.54) is 10.6 Å². The van der Waals surface area contributed by atoms with Crippen molar-refractivity contribution in [2.24, 2.45) is 0 Å². The monoisotopic (exact) mass is 522 g/mol. The van der Waals surface area contributed by atoms with Crippen LogP contribution in [0.3, 0.4) is 0 Å². The quantitative estimate of drug-likeness (QED) is 0.446. The number of hydrogen-bond donors (Lipinski definition) is 0. The maximum Gasteiger partial charge on any atom is 0.203 e. The van der Waals surface area contributed by atoms with E-state index >= 15 is 0 Å². The number of rotatable bonds is 7. The summed E-state index contributed by atoms with van der Waals surface area (Å²) in [5.74, 6) is 2.04. The fourth-order valence-electron chi connectivity index (χ4n) is 4.15. The zero-order valence-corrected chi connectivity index (χ0v) is 21.6. The first kappa shape index (κ1) is 24.8. The van der Waals surface area contributed by atoms with Crippen LogP contribution in [0, 0.1) is 0 Å². The molecule has 0 aliphatic heterocycles. The maximum absolute atomic E-state index is 5.95. The molecule has 0 N–H and O–H groups in total. The van der Waals surface area contributed by atoms with Crippen LogP contribution in [0.4, 0.5) is 0 Å². The second kappa shape index (κ2) is 11.9. The molecule has 0 fully saturated rings. The molecule has 1 atom stereocenters. The first-order valence-corrected chi connectivity index (χ1v) is 12.2. The predicted molar refractivity (Wildman–Crippen MR) is 135 cm³/mol. The Hall–Kier alpha value is -2.81. The van der Waals surface area contributed by atoms with Crippen molar-refractivity contribution in [2.45, 2.75) is 5.66 Å². The molecule has 1 unspecified atom stereocenters. The number of hydrogen-bond acceptors (Lipinski definition) is 3. The Balaban J connectivity index is 0.00000306. The van der Waals surface area contributed by atoms with Crippen molar-refractivity contribution in [3.8, 4) is 0 Å². The van der Waals surface area contributed by atoms with Crippen LogP contribution in [-0.2, 0) is 14.2 Å². The molecule has 170 valence electrons. The SMILES string of the molecule is COC1=CC([PH+](c2ccccc2)c2ccccc2)C(=Cc2ccccc2)C(OC)=C1OC.[Br-]. The molecule has 0 amide bonds. The van der Waals surface area contributed by atoms with Crippen LogP contribution in [0.5, 0.6) is 0 Å². The molecule has 0 radical (unpaired) electrons. The number of ether oxygens (including phenoxy) is 3. The van der Waals surface area contributed by atoms with Crippen LogP contribution in [0.25, 0.3) is 6.08 Å². The molecule has 0 spiro atoms. The molecule has 1 aliphatic rings. The van der Waals surface area contributed by atoms with Gasteiger partial charge in [-0.1, -0.05) is 66.7 Å². The normalized spacial score (nSPS) is 16.8. The van der Waals surface area contributed by atoms with Gasteiger partial charge in [-0.2, -0.15) is 0 Å². The lowest BCUT2D eigenvalue weighted by Crippen LogP contribution is -3.00. The van der Waals surface area contributed by atoms with Gasteiger partial charge < -0.3 is 31.2 Å². The van der Waals surface area contributed by atoms with Gasteiger partial charge in [0.05, 0.1) is 39.9 Å². The number of methoxy groups -OCH3 is 3. The van der Waals surface area contributed by atoms with E-state index in [0.717, 1.165) is 16.9 Å². The fraction of sp³-hybridized carbons (Fsp3) is 0.143. The highest BCUT2D eigenvalue weighted by atomic mass is 79.9. The fourth-order valence-corrected chi connectivity index (χ4v) is 7.15. The van der Waals surface area contributed by atoms with E-state index in [1.807, 2.05) is 18.2 Å². The van der Waals surface area contributed by atoms with Gasteiger partial charge in [0.25, 0.3) is 0 Å². The van der Waals surface area contributed by atoms with E-state index < -0.39 is 7.92 Å². The lowest BCUT2D eigenvalue weighted by molar-refractivity contribution is -0.00000712. The topological polar surface area (TPSA) is 27.7 Å². The van der Waals surface area contributed by atoms with Crippen molar-refractivity contribution in [1.82, 2.24) is 0 Å². The molecule has 0 saturated carbocycles. The van der Waals surface area contributed by atoms with E-state index in [0.29, 0.717) is 11.5 Å². The van der Waals surface area contributed by atoms with Gasteiger partial charge in [-0.3, -0.25) is 0 Å². The van der Waals surface area contributed by atoms with Gasteiger partial charge in [-0.05, 0) is 35.9 Å². The third-order valence-electron chi connectivity index (χ3n) is 5.58. The average Bonchev–Trinajstić information content (AvgIpc) is 2.86. The molecule has 3 aromatic carbocycles. The first-order valence-electron chi connectivity index (χ1n) is 10.6. The second-order valence-electron chi connectivity index (χ2n) is 7.44. The average molecular weight is 523 g/mol. The Morgan fingerprint density at radius 2 is 1.12 bits per heavy atom. The molecule has 0 heterocycles. The Kier molecular flexibility index (Phi) is 8.94. The summed E-state index contributed by atoms with van der Waals surface area (Å²) in [6, 6.07) is 31.8. The standard InChI is InChI=1S/C28H27O3P.BrH/c1-29-25-20-26(32(22-15-9-5-10-16-22)23-17-11-6-12-18-23)24(27(30-2)28(25)31-3)19-21-13-7-4-8-14-21;/h4-20,26H,1-3H3;1H. The van der Waals surface area contributed by atoms with Crippen molar-refractivity contribution >= 4 is 24.6 Å². The van der Waals surface area contributed by atoms with E-state index in [-0.39, 0.29) is 22.6 Å². The molecule has 0 aromatic heterocycles. The molecular weight excluding hydrogens is 495 g/mol. The van der Waals surface area contributed by atoms with E-state index in [4.69, 9.17) is 14.2 Å². The van der Waals surface area contributed by atoms with Crippen LogP contribution < -0.4 is 27.6 Å². The van der Waals surface area contributed by atoms with E-state index in [9.17, 15) is 0 Å². The Morgan fingerprint density at radius 1 is 0.636 bits per heavy atom. The minimum absolute atomic E-state index is 0. The van der Waals surface area contributed by atoms with Crippen LogP contribution in [0.2, 0.25) is 0 Å². The Labute approximate surface area is 207 Å². The molecule has 1 aliphatic carbocycles. The van der Waals surface area contributed by atoms with Crippen LogP contribution in [0.15, 0.2) is 120 Å². The lowest BCUT2D eigenvalue weighted by atomic mass is 9.99. The van der Waals surface area contributed by atoms with E-state index in [2.05, 4.69) is 84.9 Å². The summed E-state index contributed by atoms with van der Waals surface area (Å²) in [6.45, 7) is 0. The lowest BCUT2D eigenvalue weighted by Gasteiger charge is -2.28. The molecule has 0 bridgehead atoms. The highest BCUT2D eigenvalue weighted by molar-refractivity contribution is 7.74. The van der Waals surface area contributed by atoms with Gasteiger partial charge in [-0.15, -0.1) is 0 Å². The molecule has 4 rings (SSSR count). The summed E-state index contributed by atoms with van der Waals surface area (Å²) in [4.78, 5) is 0. The Morgan fingerprint density at radius 3 is 1.58 bits per heavy atom. The van der Waals surface area contributed by atoms with Gasteiger partial charge in [0.2, 0.25) is 5.76 Å². The molecule has 0 saturated heterocycles. The summed E-state index contributed by atoms with van der Waals surface area (Å²) in [5, 5.41) is 2.66. The van der Waals surface area contributed by atoms with Crippen LogP contribution >= 0.6 is 7.92 Å². The van der Waals surface area contributed by atoms with Gasteiger partial charge >= 0.3 is 0 Å². The highest BCUT2D eigenvalue weighted by Gasteiger charge is 2.41. The van der Waals surface area contributed by atoms with Crippen molar-refractivity contribution < 1.29 is 31.2 Å². The molecular formula is C28H28BrO3P. The maximum atomic E-state index is 5.95. The van der Waals surface area contributed by atoms with Crippen molar-refractivity contribution in [1.29, 1.82) is 0 Å². The zero-order chi connectivity index (χ0) is 22.3. The van der Waals surface area contributed by atoms with E-state index in [1.54, 1.807) is 21.3 Å². The van der Waals surface area contributed by atoms with Crippen molar-refractivity contribution in [3.05, 3.63) is 125 Å². The third kappa shape index (κ3) is 5.40. The predicted octanol–water partition coefficient (Wildman–Crippen LogP) is 2.36. The third-order valence-corrected chi connectivity index (χ3v) is 8.59. The van der Waals surface area contributed by atoms with Crippen LogP contribution in [-0.4, -0.2) is 27.0 Å². The first-order chi connectivity index (χ1) is 15.8. The molecule has 33 heavy (non-hydrogen) atoms. The number of allylic oxidation sites excluding steroid dienone is 2. The zero-order valence-electron chi connectivity index (χ0n) is 19.0. The summed E-state index contributed by atoms with van der Waals surface area (Å²) in [5.41, 5.74) is 2.29. The second-order valence-corrected chi connectivity index (χ2v) is 10.0. The molecule has 3 aromatic rings. The molecule has 5 heteroatoms. The van der Waals surface area contributed by atoms with Gasteiger partial charge in [0.1, 0.15) is 5.66 Å². The van der Waals surface area contributed by atoms with Gasteiger partial charge in [-0.25, -0.2) is 0 Å². The molecule has 3 nitrogen and oxygen atoms in total.